The molecule has 2 aromatic carbocycles. The fraction of sp³-hybridized carbons (Fsp3) is 0.143. The highest BCUT2D eigenvalue weighted by atomic mass is 16.5. The summed E-state index contributed by atoms with van der Waals surface area (Å²) in [6.07, 6.45) is 3.26. The van der Waals surface area contributed by atoms with E-state index in [1.165, 1.54) is 0 Å². The number of nitrogens with zero attached hydrogens (tertiary/aromatic N) is 2. The van der Waals surface area contributed by atoms with E-state index in [0.717, 1.165) is 22.6 Å². The standard InChI is InChI=1S/C21H19N3O2/c1-26-17-10-8-16(9-11-17)20-23-19-7-3-2-6-18(19)21(25)24(20)14-15-5-4-12-22-13-15/h2-13,20,23H,14H2,1H3/t20-/m0/s1. The van der Waals surface area contributed by atoms with Crippen LogP contribution in [0, 0.1) is 0 Å². The van der Waals surface area contributed by atoms with Gasteiger partial charge >= 0.3 is 0 Å². The quantitative estimate of drug-likeness (QED) is 0.780. The maximum absolute atomic E-state index is 13.2. The van der Waals surface area contributed by atoms with Gasteiger partial charge in [0.05, 0.1) is 12.7 Å². The summed E-state index contributed by atoms with van der Waals surface area (Å²) >= 11 is 0. The van der Waals surface area contributed by atoms with Crippen LogP contribution < -0.4 is 10.1 Å². The number of benzene rings is 2. The zero-order valence-corrected chi connectivity index (χ0v) is 14.4. The van der Waals surface area contributed by atoms with Crippen molar-refractivity contribution in [3.8, 4) is 5.75 Å². The number of carbonyl (C=O) groups excluding carboxylic acids is 1. The molecule has 3 aromatic rings. The van der Waals surface area contributed by atoms with Gasteiger partial charge in [0, 0.05) is 24.6 Å². The molecule has 1 aromatic heterocycles. The van der Waals surface area contributed by atoms with Crippen LogP contribution in [-0.4, -0.2) is 22.9 Å². The number of anilines is 1. The molecule has 5 heteroatoms. The lowest BCUT2D eigenvalue weighted by Crippen LogP contribution is -2.42. The average molecular weight is 345 g/mol. The summed E-state index contributed by atoms with van der Waals surface area (Å²) in [5.41, 5.74) is 3.51. The molecule has 1 aliphatic heterocycles. The first-order valence-corrected chi connectivity index (χ1v) is 8.45. The number of ether oxygens (including phenoxy) is 1. The predicted octanol–water partition coefficient (Wildman–Crippen LogP) is 3.86. The molecule has 0 fully saturated rings. The van der Waals surface area contributed by atoms with E-state index >= 15 is 0 Å². The third kappa shape index (κ3) is 2.99. The van der Waals surface area contributed by atoms with Crippen LogP contribution in [0.5, 0.6) is 5.75 Å². The van der Waals surface area contributed by atoms with E-state index in [0.29, 0.717) is 12.1 Å². The molecule has 0 bridgehead atoms. The van der Waals surface area contributed by atoms with Gasteiger partial charge in [0.25, 0.3) is 5.91 Å². The number of fused-ring (bicyclic) bond motifs is 1. The minimum absolute atomic E-state index is 0.00372. The van der Waals surface area contributed by atoms with E-state index in [4.69, 9.17) is 4.74 Å². The predicted molar refractivity (Wildman–Crippen MR) is 99.9 cm³/mol. The molecule has 0 spiro atoms. The average Bonchev–Trinajstić information content (AvgIpc) is 2.71. The summed E-state index contributed by atoms with van der Waals surface area (Å²) in [6.45, 7) is 0.477. The fourth-order valence-electron chi connectivity index (χ4n) is 3.19. The second-order valence-electron chi connectivity index (χ2n) is 6.16. The Bertz CT molecular complexity index is 910. The summed E-state index contributed by atoms with van der Waals surface area (Å²) in [5, 5.41) is 3.50. The van der Waals surface area contributed by atoms with Gasteiger partial charge < -0.3 is 15.0 Å². The lowest BCUT2D eigenvalue weighted by Gasteiger charge is -2.38. The Morgan fingerprint density at radius 1 is 1.08 bits per heavy atom. The van der Waals surface area contributed by atoms with Crippen LogP contribution in [0.25, 0.3) is 0 Å². The van der Waals surface area contributed by atoms with Crippen molar-refractivity contribution in [3.05, 3.63) is 89.7 Å². The van der Waals surface area contributed by atoms with Crippen LogP contribution in [-0.2, 0) is 6.54 Å². The van der Waals surface area contributed by atoms with Crippen molar-refractivity contribution in [2.45, 2.75) is 12.7 Å². The van der Waals surface area contributed by atoms with Crippen molar-refractivity contribution >= 4 is 11.6 Å². The van der Waals surface area contributed by atoms with Gasteiger partial charge in [-0.15, -0.1) is 0 Å². The Morgan fingerprint density at radius 2 is 1.88 bits per heavy atom. The van der Waals surface area contributed by atoms with Gasteiger partial charge in [-0.25, -0.2) is 0 Å². The second-order valence-corrected chi connectivity index (χ2v) is 6.16. The van der Waals surface area contributed by atoms with Crippen LogP contribution in [0.3, 0.4) is 0 Å². The number of carbonyl (C=O) groups is 1. The number of methoxy groups -OCH3 is 1. The molecular weight excluding hydrogens is 326 g/mol. The molecule has 26 heavy (non-hydrogen) atoms. The van der Waals surface area contributed by atoms with E-state index in [1.54, 1.807) is 19.5 Å². The zero-order chi connectivity index (χ0) is 17.9. The van der Waals surface area contributed by atoms with E-state index in [1.807, 2.05) is 65.6 Å². The highest BCUT2D eigenvalue weighted by molar-refractivity contribution is 6.01. The largest absolute Gasteiger partial charge is 0.497 e. The van der Waals surface area contributed by atoms with Crippen molar-refractivity contribution in [3.63, 3.8) is 0 Å². The Hall–Kier alpha value is -3.34. The lowest BCUT2D eigenvalue weighted by molar-refractivity contribution is 0.0666. The third-order valence-electron chi connectivity index (χ3n) is 4.53. The number of pyridine rings is 1. The third-order valence-corrected chi connectivity index (χ3v) is 4.53. The number of aromatic nitrogens is 1. The Kier molecular flexibility index (Phi) is 4.27. The van der Waals surface area contributed by atoms with Crippen molar-refractivity contribution in [2.24, 2.45) is 0 Å². The fourth-order valence-corrected chi connectivity index (χ4v) is 3.19. The topological polar surface area (TPSA) is 54.5 Å². The lowest BCUT2D eigenvalue weighted by atomic mass is 10.0. The number of rotatable bonds is 4. The molecule has 0 unspecified atom stereocenters. The van der Waals surface area contributed by atoms with Crippen LogP contribution in [0.1, 0.15) is 27.7 Å². The van der Waals surface area contributed by atoms with Crippen molar-refractivity contribution in [2.75, 3.05) is 12.4 Å². The molecule has 1 aliphatic rings. The molecule has 1 atom stereocenters. The molecule has 4 rings (SSSR count). The number of amides is 1. The maximum atomic E-state index is 13.2. The minimum atomic E-state index is -0.261. The molecule has 0 radical (unpaired) electrons. The Balaban J connectivity index is 1.73. The van der Waals surface area contributed by atoms with Gasteiger partial charge in [-0.3, -0.25) is 9.78 Å². The molecule has 0 aliphatic carbocycles. The summed E-state index contributed by atoms with van der Waals surface area (Å²) in [7, 11) is 1.64. The molecule has 2 heterocycles. The van der Waals surface area contributed by atoms with E-state index in [-0.39, 0.29) is 12.1 Å². The first kappa shape index (κ1) is 16.1. The summed E-state index contributed by atoms with van der Waals surface area (Å²) in [5.74, 6) is 0.791. The Labute approximate surface area is 152 Å². The van der Waals surface area contributed by atoms with Gasteiger partial charge in [-0.2, -0.15) is 0 Å². The molecule has 0 saturated heterocycles. The second kappa shape index (κ2) is 6.88. The van der Waals surface area contributed by atoms with Crippen LogP contribution in [0.15, 0.2) is 73.1 Å². The van der Waals surface area contributed by atoms with Crippen LogP contribution in [0.2, 0.25) is 0 Å². The molecule has 1 N–H and O–H groups in total. The van der Waals surface area contributed by atoms with Gasteiger partial charge in [-0.05, 0) is 41.5 Å². The van der Waals surface area contributed by atoms with Gasteiger partial charge in [0.2, 0.25) is 0 Å². The van der Waals surface area contributed by atoms with Crippen molar-refractivity contribution in [1.82, 2.24) is 9.88 Å². The first-order chi connectivity index (χ1) is 12.8. The smallest absolute Gasteiger partial charge is 0.258 e. The molecule has 1 amide bonds. The van der Waals surface area contributed by atoms with Crippen molar-refractivity contribution < 1.29 is 9.53 Å². The molecular formula is C21H19N3O2. The van der Waals surface area contributed by atoms with Gasteiger partial charge in [-0.1, -0.05) is 30.3 Å². The monoisotopic (exact) mass is 345 g/mol. The van der Waals surface area contributed by atoms with Gasteiger partial charge in [0.1, 0.15) is 11.9 Å². The van der Waals surface area contributed by atoms with E-state index in [2.05, 4.69) is 10.3 Å². The summed E-state index contributed by atoms with van der Waals surface area (Å²) in [6, 6.07) is 19.2. The molecule has 5 nitrogen and oxygen atoms in total. The highest BCUT2D eigenvalue weighted by Gasteiger charge is 2.32. The summed E-state index contributed by atoms with van der Waals surface area (Å²) in [4.78, 5) is 19.2. The van der Waals surface area contributed by atoms with Gasteiger partial charge in [0.15, 0.2) is 0 Å². The van der Waals surface area contributed by atoms with Crippen molar-refractivity contribution in [1.29, 1.82) is 0 Å². The SMILES string of the molecule is COc1ccc([C@H]2Nc3ccccc3C(=O)N2Cc2cccnc2)cc1. The number of para-hydroxylation sites is 1. The van der Waals surface area contributed by atoms with Crippen LogP contribution >= 0.6 is 0 Å². The molecule has 130 valence electrons. The molecule has 0 saturated carbocycles. The zero-order valence-electron chi connectivity index (χ0n) is 14.4. The Morgan fingerprint density at radius 3 is 2.62 bits per heavy atom. The first-order valence-electron chi connectivity index (χ1n) is 8.45. The summed E-state index contributed by atoms with van der Waals surface area (Å²) < 4.78 is 5.25. The number of nitrogens with one attached hydrogen (secondary N) is 1. The van der Waals surface area contributed by atoms with E-state index in [9.17, 15) is 4.79 Å². The highest BCUT2D eigenvalue weighted by Crippen LogP contribution is 2.34. The van der Waals surface area contributed by atoms with E-state index < -0.39 is 0 Å². The van der Waals surface area contributed by atoms with Crippen LogP contribution in [0.4, 0.5) is 5.69 Å². The number of hydrogen-bond acceptors (Lipinski definition) is 4. The number of hydrogen-bond donors (Lipinski definition) is 1. The maximum Gasteiger partial charge on any atom is 0.258 e. The normalized spacial score (nSPS) is 16.0. The minimum Gasteiger partial charge on any atom is -0.497 e.